The molecular weight excluding hydrogens is 162 g/mol. The summed E-state index contributed by atoms with van der Waals surface area (Å²) in [5, 5.41) is 9.76. The Morgan fingerprint density at radius 1 is 1.62 bits per heavy atom. The number of fused-ring (bicyclic) bond motifs is 1. The summed E-state index contributed by atoms with van der Waals surface area (Å²) in [6.07, 6.45) is 7.54. The Kier molecular flexibility index (Phi) is 2.30. The van der Waals surface area contributed by atoms with E-state index in [9.17, 15) is 5.11 Å². The number of aliphatic hydroxyl groups excluding tert-OH is 1. The molecule has 2 nitrogen and oxygen atoms in total. The summed E-state index contributed by atoms with van der Waals surface area (Å²) in [5.41, 5.74) is 1.19. The second-order valence-corrected chi connectivity index (χ2v) is 3.83. The standard InChI is InChI=1S/C11H17NO/c1-2-12-8-4-6-9-5-3-7-10(13)11(9)12/h3,7,9,13H,2,4-6,8H2,1H3. The molecule has 0 saturated carbocycles. The molecule has 0 aromatic heterocycles. The predicted octanol–water partition coefficient (Wildman–Crippen LogP) is 2.45. The summed E-state index contributed by atoms with van der Waals surface area (Å²) in [4.78, 5) is 2.31. The van der Waals surface area contributed by atoms with Crippen LogP contribution in [0.1, 0.15) is 26.2 Å². The first-order chi connectivity index (χ1) is 6.33. The van der Waals surface area contributed by atoms with Crippen LogP contribution in [0.4, 0.5) is 0 Å². The minimum atomic E-state index is 0.498. The van der Waals surface area contributed by atoms with Gasteiger partial charge in [-0.05, 0) is 32.3 Å². The van der Waals surface area contributed by atoms with Gasteiger partial charge in [-0.15, -0.1) is 0 Å². The van der Waals surface area contributed by atoms with Crippen molar-refractivity contribution in [2.75, 3.05) is 13.1 Å². The van der Waals surface area contributed by atoms with Gasteiger partial charge < -0.3 is 10.0 Å². The van der Waals surface area contributed by atoms with Gasteiger partial charge in [0.15, 0.2) is 0 Å². The lowest BCUT2D eigenvalue weighted by molar-refractivity contribution is 0.225. The minimum absolute atomic E-state index is 0.498. The Labute approximate surface area is 79.6 Å². The molecule has 2 rings (SSSR count). The summed E-state index contributed by atoms with van der Waals surface area (Å²) < 4.78 is 0. The number of piperidine rings is 1. The molecule has 1 heterocycles. The number of likely N-dealkylation sites (tertiary alicyclic amines) is 1. The Morgan fingerprint density at radius 3 is 3.23 bits per heavy atom. The highest BCUT2D eigenvalue weighted by molar-refractivity contribution is 5.26. The van der Waals surface area contributed by atoms with Crippen LogP contribution in [0, 0.1) is 5.92 Å². The number of aliphatic hydroxyl groups is 1. The van der Waals surface area contributed by atoms with Crippen molar-refractivity contribution in [3.63, 3.8) is 0 Å². The molecule has 0 spiro atoms. The van der Waals surface area contributed by atoms with E-state index in [0.717, 1.165) is 19.5 Å². The third-order valence-corrected chi connectivity index (χ3v) is 3.05. The summed E-state index contributed by atoms with van der Waals surface area (Å²) in [5.74, 6) is 1.08. The van der Waals surface area contributed by atoms with Crippen molar-refractivity contribution in [1.29, 1.82) is 0 Å². The average molecular weight is 179 g/mol. The van der Waals surface area contributed by atoms with E-state index >= 15 is 0 Å². The topological polar surface area (TPSA) is 23.5 Å². The SMILES string of the molecule is CCN1CCCC2CC=CC(O)=C21. The summed E-state index contributed by atoms with van der Waals surface area (Å²) in [6.45, 7) is 4.28. The molecule has 0 aromatic carbocycles. The highest BCUT2D eigenvalue weighted by Crippen LogP contribution is 2.34. The minimum Gasteiger partial charge on any atom is -0.506 e. The molecule has 0 bridgehead atoms. The Bertz CT molecular complexity index is 255. The van der Waals surface area contributed by atoms with Crippen LogP contribution in [0.2, 0.25) is 0 Å². The molecule has 1 aliphatic carbocycles. The first-order valence-electron chi connectivity index (χ1n) is 5.17. The molecule has 2 aliphatic rings. The van der Waals surface area contributed by atoms with Gasteiger partial charge in [0.2, 0.25) is 0 Å². The van der Waals surface area contributed by atoms with Crippen molar-refractivity contribution in [3.05, 3.63) is 23.6 Å². The van der Waals surface area contributed by atoms with Crippen molar-refractivity contribution >= 4 is 0 Å². The van der Waals surface area contributed by atoms with Crippen LogP contribution in [-0.2, 0) is 0 Å². The molecule has 2 heteroatoms. The van der Waals surface area contributed by atoms with Crippen LogP contribution in [0.25, 0.3) is 0 Å². The zero-order valence-corrected chi connectivity index (χ0v) is 8.16. The molecule has 72 valence electrons. The van der Waals surface area contributed by atoms with Gasteiger partial charge in [-0.3, -0.25) is 0 Å². The van der Waals surface area contributed by atoms with Gasteiger partial charge >= 0.3 is 0 Å². The van der Waals surface area contributed by atoms with Gasteiger partial charge in [0.1, 0.15) is 5.76 Å². The molecule has 0 amide bonds. The largest absolute Gasteiger partial charge is 0.506 e. The van der Waals surface area contributed by atoms with Gasteiger partial charge in [0.05, 0.1) is 5.70 Å². The lowest BCUT2D eigenvalue weighted by Crippen LogP contribution is -2.34. The predicted molar refractivity (Wildman–Crippen MR) is 53.4 cm³/mol. The quantitative estimate of drug-likeness (QED) is 0.668. The summed E-state index contributed by atoms with van der Waals surface area (Å²) >= 11 is 0. The van der Waals surface area contributed by atoms with Gasteiger partial charge in [-0.1, -0.05) is 6.08 Å². The number of hydrogen-bond acceptors (Lipinski definition) is 2. The lowest BCUT2D eigenvalue weighted by atomic mass is 9.87. The third kappa shape index (κ3) is 1.45. The number of allylic oxidation sites excluding steroid dienone is 3. The van der Waals surface area contributed by atoms with Crippen molar-refractivity contribution in [3.8, 4) is 0 Å². The molecule has 1 saturated heterocycles. The van der Waals surface area contributed by atoms with Crippen molar-refractivity contribution < 1.29 is 5.11 Å². The zero-order valence-electron chi connectivity index (χ0n) is 8.16. The highest BCUT2D eigenvalue weighted by atomic mass is 16.3. The van der Waals surface area contributed by atoms with E-state index in [2.05, 4.69) is 17.9 Å². The average Bonchev–Trinajstić information content (AvgIpc) is 2.17. The second kappa shape index (κ2) is 3.44. The Hall–Kier alpha value is -0.920. The van der Waals surface area contributed by atoms with Gasteiger partial charge in [0, 0.05) is 19.0 Å². The van der Waals surface area contributed by atoms with Gasteiger partial charge in [-0.2, -0.15) is 0 Å². The second-order valence-electron chi connectivity index (χ2n) is 3.83. The van der Waals surface area contributed by atoms with Crippen LogP contribution in [-0.4, -0.2) is 23.1 Å². The van der Waals surface area contributed by atoms with E-state index < -0.39 is 0 Å². The smallest absolute Gasteiger partial charge is 0.134 e. The molecule has 1 aliphatic heterocycles. The molecule has 1 N–H and O–H groups in total. The summed E-state index contributed by atoms with van der Waals surface area (Å²) in [6, 6.07) is 0. The van der Waals surface area contributed by atoms with E-state index in [0.29, 0.717) is 11.7 Å². The van der Waals surface area contributed by atoms with E-state index in [-0.39, 0.29) is 0 Å². The molecule has 0 aromatic rings. The molecular formula is C11H17NO. The van der Waals surface area contributed by atoms with E-state index in [1.807, 2.05) is 6.08 Å². The van der Waals surface area contributed by atoms with Crippen LogP contribution in [0.3, 0.4) is 0 Å². The molecule has 13 heavy (non-hydrogen) atoms. The van der Waals surface area contributed by atoms with Crippen LogP contribution < -0.4 is 0 Å². The molecule has 1 fully saturated rings. The molecule has 1 unspecified atom stereocenters. The van der Waals surface area contributed by atoms with Crippen molar-refractivity contribution in [2.45, 2.75) is 26.2 Å². The Morgan fingerprint density at radius 2 is 2.46 bits per heavy atom. The highest BCUT2D eigenvalue weighted by Gasteiger charge is 2.27. The Balaban J connectivity index is 2.28. The fraction of sp³-hybridized carbons (Fsp3) is 0.636. The first kappa shape index (κ1) is 8.67. The van der Waals surface area contributed by atoms with E-state index in [4.69, 9.17) is 0 Å². The van der Waals surface area contributed by atoms with Crippen LogP contribution in [0.5, 0.6) is 0 Å². The fourth-order valence-electron chi connectivity index (χ4n) is 2.40. The van der Waals surface area contributed by atoms with Gasteiger partial charge in [0.25, 0.3) is 0 Å². The van der Waals surface area contributed by atoms with Crippen molar-refractivity contribution in [2.24, 2.45) is 5.92 Å². The number of nitrogens with zero attached hydrogens (tertiary/aromatic N) is 1. The molecule has 1 atom stereocenters. The molecule has 0 radical (unpaired) electrons. The van der Waals surface area contributed by atoms with E-state index in [1.165, 1.54) is 18.5 Å². The number of rotatable bonds is 1. The third-order valence-electron chi connectivity index (χ3n) is 3.05. The maximum absolute atomic E-state index is 9.76. The summed E-state index contributed by atoms with van der Waals surface area (Å²) in [7, 11) is 0. The first-order valence-corrected chi connectivity index (χ1v) is 5.17. The van der Waals surface area contributed by atoms with Crippen LogP contribution in [0.15, 0.2) is 23.6 Å². The monoisotopic (exact) mass is 179 g/mol. The maximum Gasteiger partial charge on any atom is 0.134 e. The van der Waals surface area contributed by atoms with Gasteiger partial charge in [-0.25, -0.2) is 0 Å². The van der Waals surface area contributed by atoms with Crippen LogP contribution >= 0.6 is 0 Å². The van der Waals surface area contributed by atoms with E-state index in [1.54, 1.807) is 0 Å². The fourth-order valence-corrected chi connectivity index (χ4v) is 2.40. The maximum atomic E-state index is 9.76. The normalized spacial score (nSPS) is 27.8. The lowest BCUT2D eigenvalue weighted by Gasteiger charge is -2.37. The van der Waals surface area contributed by atoms with Crippen molar-refractivity contribution in [1.82, 2.24) is 4.90 Å². The number of hydrogen-bond donors (Lipinski definition) is 1. The zero-order chi connectivity index (χ0) is 9.26.